The van der Waals surface area contributed by atoms with Crippen molar-refractivity contribution in [2.45, 2.75) is 0 Å². The second-order valence-corrected chi connectivity index (χ2v) is 2.85. The summed E-state index contributed by atoms with van der Waals surface area (Å²) in [5, 5.41) is 18.8. The van der Waals surface area contributed by atoms with Crippen molar-refractivity contribution in [3.05, 3.63) is 28.0 Å². The van der Waals surface area contributed by atoms with E-state index < -0.39 is 0 Å². The zero-order valence-corrected chi connectivity index (χ0v) is 6.64. The van der Waals surface area contributed by atoms with Crippen molar-refractivity contribution >= 4 is 17.4 Å². The highest BCUT2D eigenvalue weighted by Gasteiger charge is 1.93. The van der Waals surface area contributed by atoms with E-state index in [1.165, 1.54) is 11.3 Å². The summed E-state index contributed by atoms with van der Waals surface area (Å²) in [5.74, 6) is 0. The lowest BCUT2D eigenvalue weighted by molar-refractivity contribution is 0.343. The number of aliphatic hydroxyl groups is 1. The van der Waals surface area contributed by atoms with Crippen LogP contribution in [0.15, 0.2) is 17.5 Å². The molecule has 1 rings (SSSR count). The van der Waals surface area contributed by atoms with Gasteiger partial charge in [0.15, 0.2) is 0 Å². The fourth-order valence-electron chi connectivity index (χ4n) is 0.686. The molecule has 0 atom stereocenters. The molecule has 1 N–H and O–H groups in total. The molecule has 0 saturated carbocycles. The Hall–Kier alpha value is -1.11. The minimum Gasteiger partial charge on any atom is -0.392 e. The maximum Gasteiger partial charge on any atom is 0.110 e. The van der Waals surface area contributed by atoms with Gasteiger partial charge in [-0.05, 0) is 17.0 Å². The van der Waals surface area contributed by atoms with Gasteiger partial charge >= 0.3 is 0 Å². The number of rotatable bonds is 2. The van der Waals surface area contributed by atoms with Crippen LogP contribution in [-0.4, -0.2) is 11.7 Å². The lowest BCUT2D eigenvalue weighted by Crippen LogP contribution is -1.69. The molecule has 1 heterocycles. The van der Waals surface area contributed by atoms with E-state index in [0.29, 0.717) is 4.88 Å². The highest BCUT2D eigenvalue weighted by Crippen LogP contribution is 2.14. The Bertz CT molecular complexity index is 295. The summed E-state index contributed by atoms with van der Waals surface area (Å²) in [6.45, 7) is 0.0394. The quantitative estimate of drug-likeness (QED) is 0.723. The van der Waals surface area contributed by atoms with Gasteiger partial charge in [-0.15, -0.1) is 11.3 Å². The fraction of sp³-hybridized carbons (Fsp3) is 0.125. The molecule has 56 valence electrons. The molecule has 1 aromatic heterocycles. The summed E-state index contributed by atoms with van der Waals surface area (Å²) in [4.78, 5) is 0.697. The molecule has 0 aliphatic carbocycles. The summed E-state index contributed by atoms with van der Waals surface area (Å²) in [5.41, 5.74) is 0.973. The number of thiophene rings is 1. The molecule has 1 aromatic rings. The third-order valence-corrected chi connectivity index (χ3v) is 2.00. The summed E-state index contributed by atoms with van der Waals surface area (Å²) in [6, 6.07) is 3.83. The van der Waals surface area contributed by atoms with Gasteiger partial charge in [0, 0.05) is 0 Å². The van der Waals surface area contributed by atoms with Crippen molar-refractivity contribution < 1.29 is 5.11 Å². The highest BCUT2D eigenvalue weighted by atomic mass is 32.1. The van der Waals surface area contributed by atoms with Gasteiger partial charge in [-0.25, -0.2) is 0 Å². The Morgan fingerprint density at radius 2 is 2.55 bits per heavy atom. The van der Waals surface area contributed by atoms with Gasteiger partial charge in [0.2, 0.25) is 0 Å². The predicted molar refractivity (Wildman–Crippen MR) is 45.2 cm³/mol. The third-order valence-electron chi connectivity index (χ3n) is 1.15. The largest absolute Gasteiger partial charge is 0.392 e. The number of hydrogen-bond donors (Lipinski definition) is 1. The maximum atomic E-state index is 8.46. The number of hydrogen-bond acceptors (Lipinski definition) is 3. The number of aliphatic hydroxyl groups excluding tert-OH is 1. The molecule has 0 saturated heterocycles. The lowest BCUT2D eigenvalue weighted by atomic mass is 10.3. The first-order valence-corrected chi connectivity index (χ1v) is 4.01. The molecule has 2 nitrogen and oxygen atoms in total. The fourth-order valence-corrected chi connectivity index (χ4v) is 1.35. The molecule has 0 fully saturated rings. The molecule has 0 aliphatic rings. The minimum absolute atomic E-state index is 0.0394. The lowest BCUT2D eigenvalue weighted by Gasteiger charge is -1.79. The van der Waals surface area contributed by atoms with Gasteiger partial charge in [-0.2, -0.15) is 5.26 Å². The van der Waals surface area contributed by atoms with Crippen LogP contribution < -0.4 is 0 Å². The Morgan fingerprint density at radius 3 is 3.09 bits per heavy atom. The first-order valence-electron chi connectivity index (χ1n) is 3.13. The highest BCUT2D eigenvalue weighted by molar-refractivity contribution is 7.10. The van der Waals surface area contributed by atoms with E-state index in [1.807, 2.05) is 11.4 Å². The van der Waals surface area contributed by atoms with E-state index >= 15 is 0 Å². The zero-order chi connectivity index (χ0) is 8.10. The van der Waals surface area contributed by atoms with E-state index in [2.05, 4.69) is 0 Å². The maximum absolute atomic E-state index is 8.46. The van der Waals surface area contributed by atoms with Gasteiger partial charge in [-0.1, -0.05) is 12.2 Å². The van der Waals surface area contributed by atoms with Crippen molar-refractivity contribution in [1.82, 2.24) is 0 Å². The minimum atomic E-state index is 0.0394. The molecule has 11 heavy (non-hydrogen) atoms. The SMILES string of the molecule is N#Cc1cc(C=CCO)cs1. The molecular formula is C8H7NOS. The van der Waals surface area contributed by atoms with Crippen molar-refractivity contribution in [2.24, 2.45) is 0 Å². The molecule has 0 amide bonds. The summed E-state index contributed by atoms with van der Waals surface area (Å²) < 4.78 is 0. The van der Waals surface area contributed by atoms with Crippen molar-refractivity contribution in [2.75, 3.05) is 6.61 Å². The van der Waals surface area contributed by atoms with E-state index in [1.54, 1.807) is 18.2 Å². The van der Waals surface area contributed by atoms with Crippen LogP contribution in [0.5, 0.6) is 0 Å². The standard InChI is InChI=1S/C8H7NOS/c9-5-8-4-7(6-11-8)2-1-3-10/h1-2,4,6,10H,3H2. The van der Waals surface area contributed by atoms with Crippen LogP contribution in [0.4, 0.5) is 0 Å². The van der Waals surface area contributed by atoms with Crippen LogP contribution in [0.25, 0.3) is 6.08 Å². The van der Waals surface area contributed by atoms with Crippen LogP contribution in [0.2, 0.25) is 0 Å². The second-order valence-electron chi connectivity index (χ2n) is 1.94. The normalized spacial score (nSPS) is 10.2. The summed E-state index contributed by atoms with van der Waals surface area (Å²) in [6.07, 6.45) is 3.43. The molecule has 0 unspecified atom stereocenters. The summed E-state index contributed by atoms with van der Waals surface area (Å²) >= 11 is 1.41. The monoisotopic (exact) mass is 165 g/mol. The van der Waals surface area contributed by atoms with E-state index in [0.717, 1.165) is 5.56 Å². The average molecular weight is 165 g/mol. The van der Waals surface area contributed by atoms with Crippen LogP contribution in [0.3, 0.4) is 0 Å². The Labute approximate surface area is 69.0 Å². The molecule has 0 aliphatic heterocycles. The number of nitrogens with zero attached hydrogens (tertiary/aromatic N) is 1. The number of nitriles is 1. The zero-order valence-electron chi connectivity index (χ0n) is 5.82. The van der Waals surface area contributed by atoms with Crippen LogP contribution in [0.1, 0.15) is 10.4 Å². The first-order chi connectivity index (χ1) is 5.36. The molecule has 0 aromatic carbocycles. The van der Waals surface area contributed by atoms with Crippen molar-refractivity contribution in [3.63, 3.8) is 0 Å². The van der Waals surface area contributed by atoms with Gasteiger partial charge in [-0.3, -0.25) is 0 Å². The van der Waals surface area contributed by atoms with Crippen LogP contribution >= 0.6 is 11.3 Å². The van der Waals surface area contributed by atoms with E-state index in [9.17, 15) is 0 Å². The van der Waals surface area contributed by atoms with Gasteiger partial charge in [0.1, 0.15) is 10.9 Å². The first kappa shape index (κ1) is 7.99. The third kappa shape index (κ3) is 2.19. The van der Waals surface area contributed by atoms with E-state index in [4.69, 9.17) is 10.4 Å². The van der Waals surface area contributed by atoms with Crippen LogP contribution in [-0.2, 0) is 0 Å². The Kier molecular flexibility index (Phi) is 2.84. The Balaban J connectivity index is 2.75. The molecule has 0 bridgehead atoms. The van der Waals surface area contributed by atoms with E-state index in [-0.39, 0.29) is 6.61 Å². The molecule has 3 heteroatoms. The van der Waals surface area contributed by atoms with Crippen molar-refractivity contribution in [1.29, 1.82) is 5.26 Å². The van der Waals surface area contributed by atoms with Gasteiger partial charge < -0.3 is 5.11 Å². The Morgan fingerprint density at radius 1 is 1.73 bits per heavy atom. The summed E-state index contributed by atoms with van der Waals surface area (Å²) in [7, 11) is 0. The van der Waals surface area contributed by atoms with Gasteiger partial charge in [0.25, 0.3) is 0 Å². The molecule has 0 spiro atoms. The topological polar surface area (TPSA) is 44.0 Å². The molecule has 0 radical (unpaired) electrons. The molecular weight excluding hydrogens is 158 g/mol. The van der Waals surface area contributed by atoms with Gasteiger partial charge in [0.05, 0.1) is 6.61 Å². The average Bonchev–Trinajstić information content (AvgIpc) is 2.48. The smallest absolute Gasteiger partial charge is 0.110 e. The van der Waals surface area contributed by atoms with Crippen LogP contribution in [0, 0.1) is 11.3 Å². The van der Waals surface area contributed by atoms with Crippen molar-refractivity contribution in [3.8, 4) is 6.07 Å². The second kappa shape index (κ2) is 3.91. The predicted octanol–water partition coefficient (Wildman–Crippen LogP) is 1.63.